The van der Waals surface area contributed by atoms with E-state index >= 15 is 4.39 Å². The van der Waals surface area contributed by atoms with Gasteiger partial charge in [-0.3, -0.25) is 9.58 Å². The lowest BCUT2D eigenvalue weighted by atomic mass is 9.99. The number of halogens is 3. The maximum absolute atomic E-state index is 15.6. The number of carbonyl (C=O) groups is 1. The zero-order valence-corrected chi connectivity index (χ0v) is 25.2. The number of ether oxygens (including phenoxy) is 3. The van der Waals surface area contributed by atoms with Crippen LogP contribution in [-0.2, 0) is 22.6 Å². The van der Waals surface area contributed by atoms with Gasteiger partial charge in [-0.15, -0.1) is 11.3 Å². The lowest BCUT2D eigenvalue weighted by Crippen LogP contribution is -2.46. The minimum atomic E-state index is -0.777. The summed E-state index contributed by atoms with van der Waals surface area (Å²) in [6.45, 7) is 8.51. The minimum absolute atomic E-state index is 0.0447. The molecule has 1 aromatic carbocycles. The summed E-state index contributed by atoms with van der Waals surface area (Å²) in [5.41, 5.74) is 1.60. The van der Waals surface area contributed by atoms with Crippen molar-refractivity contribution in [2.45, 2.75) is 52.4 Å². The predicted molar refractivity (Wildman–Crippen MR) is 153 cm³/mol. The van der Waals surface area contributed by atoms with Gasteiger partial charge in [0.2, 0.25) is 0 Å². The summed E-state index contributed by atoms with van der Waals surface area (Å²) in [7, 11) is 1.52. The predicted octanol–water partition coefficient (Wildman–Crippen LogP) is 7.03. The van der Waals surface area contributed by atoms with Crippen LogP contribution in [0.5, 0.6) is 5.75 Å². The molecule has 0 saturated carbocycles. The quantitative estimate of drug-likeness (QED) is 0.167. The summed E-state index contributed by atoms with van der Waals surface area (Å²) in [5.74, 6) is -1.49. The van der Waals surface area contributed by atoms with Crippen molar-refractivity contribution in [3.05, 3.63) is 51.6 Å². The third kappa shape index (κ3) is 5.57. The van der Waals surface area contributed by atoms with Crippen molar-refractivity contribution in [3.63, 3.8) is 0 Å². The zero-order chi connectivity index (χ0) is 28.8. The smallest absolute Gasteiger partial charge is 0.410 e. The van der Waals surface area contributed by atoms with Gasteiger partial charge in [0.05, 0.1) is 37.0 Å². The van der Waals surface area contributed by atoms with E-state index in [1.165, 1.54) is 18.4 Å². The standard InChI is InChI=1S/C28H29BrF2N4O4S/c1-15-13-35-17(14-34(15)27(36)39-28(2,3)4)12-20(33-35)24-23(25-18(6-9-40-25)26(29)32-24)22-19(31)10-16(30)11-21(22)38-8-7-37-5/h6,9-12,15H,7-8,13-14H2,1-5H3/t15-/m1/s1. The molecule has 4 aromatic rings. The fourth-order valence-corrected chi connectivity index (χ4v) is 6.23. The van der Waals surface area contributed by atoms with Crippen molar-refractivity contribution < 1.29 is 27.8 Å². The topological polar surface area (TPSA) is 78.7 Å². The van der Waals surface area contributed by atoms with Crippen molar-refractivity contribution in [1.29, 1.82) is 0 Å². The molecule has 1 aliphatic heterocycles. The van der Waals surface area contributed by atoms with Gasteiger partial charge in [-0.2, -0.15) is 5.10 Å². The summed E-state index contributed by atoms with van der Waals surface area (Å²) in [6, 6.07) is 5.56. The molecule has 1 atom stereocenters. The van der Waals surface area contributed by atoms with Gasteiger partial charge in [-0.05, 0) is 61.1 Å². The summed E-state index contributed by atoms with van der Waals surface area (Å²) < 4.78 is 49.6. The highest BCUT2D eigenvalue weighted by atomic mass is 79.9. The van der Waals surface area contributed by atoms with Gasteiger partial charge in [0.25, 0.3) is 0 Å². The molecular formula is C28H29BrF2N4O4S. The number of amides is 1. The monoisotopic (exact) mass is 634 g/mol. The lowest BCUT2D eigenvalue weighted by molar-refractivity contribution is 0.00907. The number of thiophene rings is 1. The highest BCUT2D eigenvalue weighted by molar-refractivity contribution is 9.10. The van der Waals surface area contributed by atoms with E-state index in [1.54, 1.807) is 4.90 Å². The largest absolute Gasteiger partial charge is 0.490 e. The average Bonchev–Trinajstić information content (AvgIpc) is 3.50. The van der Waals surface area contributed by atoms with Crippen LogP contribution in [0.25, 0.3) is 32.6 Å². The molecule has 0 spiro atoms. The molecule has 212 valence electrons. The van der Waals surface area contributed by atoms with Gasteiger partial charge < -0.3 is 14.2 Å². The molecular weight excluding hydrogens is 606 g/mol. The molecule has 3 aromatic heterocycles. The Morgan fingerprint density at radius 1 is 1.20 bits per heavy atom. The van der Waals surface area contributed by atoms with Crippen LogP contribution < -0.4 is 4.74 Å². The molecule has 12 heteroatoms. The van der Waals surface area contributed by atoms with Crippen LogP contribution in [0.2, 0.25) is 0 Å². The van der Waals surface area contributed by atoms with Crippen LogP contribution in [0.4, 0.5) is 13.6 Å². The van der Waals surface area contributed by atoms with Crippen LogP contribution in [0.1, 0.15) is 33.4 Å². The molecule has 0 saturated heterocycles. The van der Waals surface area contributed by atoms with Gasteiger partial charge in [0.1, 0.15) is 45.6 Å². The molecule has 1 amide bonds. The Hall–Kier alpha value is -3.09. The van der Waals surface area contributed by atoms with E-state index in [4.69, 9.17) is 24.3 Å². The second kappa shape index (κ2) is 11.1. The second-order valence-corrected chi connectivity index (χ2v) is 12.2. The molecule has 40 heavy (non-hydrogen) atoms. The number of hydrogen-bond donors (Lipinski definition) is 0. The Labute approximate surface area is 243 Å². The number of benzene rings is 1. The van der Waals surface area contributed by atoms with Crippen LogP contribution in [-0.4, -0.2) is 57.7 Å². The van der Waals surface area contributed by atoms with Crippen molar-refractivity contribution in [3.8, 4) is 28.3 Å². The van der Waals surface area contributed by atoms with E-state index in [2.05, 4.69) is 15.9 Å². The Bertz CT molecular complexity index is 1580. The first-order valence-electron chi connectivity index (χ1n) is 12.7. The second-order valence-electron chi connectivity index (χ2n) is 10.6. The zero-order valence-electron chi connectivity index (χ0n) is 22.8. The van der Waals surface area contributed by atoms with E-state index in [-0.39, 0.29) is 37.1 Å². The summed E-state index contributed by atoms with van der Waals surface area (Å²) in [5, 5.41) is 7.48. The molecule has 0 N–H and O–H groups in total. The molecule has 5 rings (SSSR count). The Morgan fingerprint density at radius 2 is 1.98 bits per heavy atom. The van der Waals surface area contributed by atoms with Crippen molar-refractivity contribution >= 4 is 43.4 Å². The van der Waals surface area contributed by atoms with Gasteiger partial charge in [-0.25, -0.2) is 18.6 Å². The van der Waals surface area contributed by atoms with Crippen LogP contribution in [0.15, 0.2) is 34.2 Å². The third-order valence-electron chi connectivity index (χ3n) is 6.41. The van der Waals surface area contributed by atoms with E-state index in [9.17, 15) is 9.18 Å². The molecule has 0 unspecified atom stereocenters. The average molecular weight is 636 g/mol. The summed E-state index contributed by atoms with van der Waals surface area (Å²) >= 11 is 4.97. The minimum Gasteiger partial charge on any atom is -0.490 e. The number of nitrogens with zero attached hydrogens (tertiary/aromatic N) is 4. The highest BCUT2D eigenvalue weighted by Gasteiger charge is 2.33. The van der Waals surface area contributed by atoms with Crippen LogP contribution in [0, 0.1) is 11.6 Å². The summed E-state index contributed by atoms with van der Waals surface area (Å²) in [4.78, 5) is 19.3. The first-order chi connectivity index (χ1) is 19.0. The highest BCUT2D eigenvalue weighted by Crippen LogP contribution is 2.46. The Morgan fingerprint density at radius 3 is 2.70 bits per heavy atom. The Balaban J connectivity index is 1.64. The fraction of sp³-hybridized carbons (Fsp3) is 0.393. The van der Waals surface area contributed by atoms with Gasteiger partial charge in [0.15, 0.2) is 0 Å². The maximum atomic E-state index is 15.6. The number of aromatic nitrogens is 3. The van der Waals surface area contributed by atoms with E-state index in [0.29, 0.717) is 28.1 Å². The summed E-state index contributed by atoms with van der Waals surface area (Å²) in [6.07, 6.45) is -0.401. The SMILES string of the molecule is COCCOc1cc(F)cc(F)c1-c1c(-c2cc3n(n2)C[C@@H](C)N(C(=O)OC(C)(C)C)C3)nc(Br)c2ccsc12. The van der Waals surface area contributed by atoms with Gasteiger partial charge in [-0.1, -0.05) is 0 Å². The fourth-order valence-electron chi connectivity index (χ4n) is 4.65. The molecule has 8 nitrogen and oxygen atoms in total. The van der Waals surface area contributed by atoms with E-state index in [1.807, 2.05) is 49.9 Å². The maximum Gasteiger partial charge on any atom is 0.410 e. The molecule has 0 aliphatic carbocycles. The Kier molecular flexibility index (Phi) is 7.86. The first kappa shape index (κ1) is 28.4. The molecule has 0 bridgehead atoms. The number of carbonyl (C=O) groups excluding carboxylic acids is 1. The first-order valence-corrected chi connectivity index (χ1v) is 14.4. The molecule has 1 aliphatic rings. The third-order valence-corrected chi connectivity index (χ3v) is 7.95. The molecule has 4 heterocycles. The van der Waals surface area contributed by atoms with Crippen molar-refractivity contribution in [1.82, 2.24) is 19.7 Å². The van der Waals surface area contributed by atoms with Crippen LogP contribution >= 0.6 is 27.3 Å². The number of fused-ring (bicyclic) bond motifs is 2. The number of pyridine rings is 1. The van der Waals surface area contributed by atoms with Crippen molar-refractivity contribution in [2.24, 2.45) is 0 Å². The van der Waals surface area contributed by atoms with E-state index < -0.39 is 23.3 Å². The lowest BCUT2D eigenvalue weighted by Gasteiger charge is -2.35. The molecule has 0 fully saturated rings. The number of rotatable bonds is 6. The van der Waals surface area contributed by atoms with Crippen molar-refractivity contribution in [2.75, 3.05) is 20.3 Å². The number of methoxy groups -OCH3 is 1. The van der Waals surface area contributed by atoms with E-state index in [0.717, 1.165) is 27.9 Å². The molecule has 0 radical (unpaired) electrons. The van der Waals surface area contributed by atoms with Crippen LogP contribution in [0.3, 0.4) is 0 Å². The normalized spacial score (nSPS) is 15.4. The number of hydrogen-bond acceptors (Lipinski definition) is 7. The van der Waals surface area contributed by atoms with Gasteiger partial charge >= 0.3 is 6.09 Å². The van der Waals surface area contributed by atoms with Gasteiger partial charge in [0, 0.05) is 34.9 Å².